The number of ether oxygens (including phenoxy) is 1. The van der Waals surface area contributed by atoms with Crippen LogP contribution in [0, 0.1) is 11.6 Å². The van der Waals surface area contributed by atoms with Gasteiger partial charge in [0.1, 0.15) is 0 Å². The van der Waals surface area contributed by atoms with Crippen LogP contribution in [0.4, 0.5) is 8.78 Å². The Kier molecular flexibility index (Phi) is 5.03. The standard InChI is InChI=1S/C12H15F2NO3/c1-7(2)15-11(17)6-18-12-9(13)3-8(5-16)4-10(12)14/h3-4,7,16H,5-6H2,1-2H3,(H,15,17). The third-order valence-corrected chi connectivity index (χ3v) is 2.04. The topological polar surface area (TPSA) is 58.6 Å². The summed E-state index contributed by atoms with van der Waals surface area (Å²) in [7, 11) is 0. The van der Waals surface area contributed by atoms with Gasteiger partial charge in [0.15, 0.2) is 24.0 Å². The van der Waals surface area contributed by atoms with E-state index in [1.807, 2.05) is 0 Å². The molecule has 0 unspecified atom stereocenters. The summed E-state index contributed by atoms with van der Waals surface area (Å²) in [5.41, 5.74) is 0.101. The molecule has 1 amide bonds. The van der Waals surface area contributed by atoms with E-state index in [1.165, 1.54) is 0 Å². The third-order valence-electron chi connectivity index (χ3n) is 2.04. The molecule has 100 valence electrons. The van der Waals surface area contributed by atoms with Crippen LogP contribution in [-0.2, 0) is 11.4 Å². The quantitative estimate of drug-likeness (QED) is 0.839. The first-order valence-electron chi connectivity index (χ1n) is 5.45. The number of benzene rings is 1. The fourth-order valence-electron chi connectivity index (χ4n) is 1.34. The SMILES string of the molecule is CC(C)NC(=O)COc1c(F)cc(CO)cc1F. The first-order valence-corrected chi connectivity index (χ1v) is 5.45. The van der Waals surface area contributed by atoms with Crippen molar-refractivity contribution in [2.24, 2.45) is 0 Å². The molecule has 0 aliphatic carbocycles. The molecule has 1 aromatic carbocycles. The molecule has 1 aromatic rings. The zero-order chi connectivity index (χ0) is 13.7. The number of carbonyl (C=O) groups is 1. The largest absolute Gasteiger partial charge is 0.478 e. The minimum atomic E-state index is -0.948. The molecule has 6 heteroatoms. The molecule has 0 aromatic heterocycles. The summed E-state index contributed by atoms with van der Waals surface area (Å²) in [6.45, 7) is 2.58. The third kappa shape index (κ3) is 3.96. The van der Waals surface area contributed by atoms with Crippen LogP contribution in [-0.4, -0.2) is 23.7 Å². The molecule has 0 saturated carbocycles. The normalized spacial score (nSPS) is 10.6. The van der Waals surface area contributed by atoms with Crippen LogP contribution in [0.15, 0.2) is 12.1 Å². The second kappa shape index (κ2) is 6.30. The number of aliphatic hydroxyl groups excluding tert-OH is 1. The Morgan fingerprint density at radius 1 is 1.39 bits per heavy atom. The number of carbonyl (C=O) groups excluding carboxylic acids is 1. The maximum absolute atomic E-state index is 13.4. The minimum Gasteiger partial charge on any atom is -0.478 e. The van der Waals surface area contributed by atoms with E-state index in [4.69, 9.17) is 9.84 Å². The lowest BCUT2D eigenvalue weighted by Crippen LogP contribution is -2.34. The fourth-order valence-corrected chi connectivity index (χ4v) is 1.34. The molecular formula is C12H15F2NO3. The van der Waals surface area contributed by atoms with Gasteiger partial charge in [0.25, 0.3) is 5.91 Å². The van der Waals surface area contributed by atoms with Crippen molar-refractivity contribution in [3.8, 4) is 5.75 Å². The molecule has 0 heterocycles. The van der Waals surface area contributed by atoms with Crippen molar-refractivity contribution in [1.82, 2.24) is 5.32 Å². The van der Waals surface area contributed by atoms with Crippen LogP contribution in [0.5, 0.6) is 5.75 Å². The van der Waals surface area contributed by atoms with Gasteiger partial charge >= 0.3 is 0 Å². The molecule has 0 atom stereocenters. The maximum Gasteiger partial charge on any atom is 0.258 e. The van der Waals surface area contributed by atoms with Crippen LogP contribution in [0.1, 0.15) is 19.4 Å². The van der Waals surface area contributed by atoms with Crippen molar-refractivity contribution < 1.29 is 23.4 Å². The lowest BCUT2D eigenvalue weighted by molar-refractivity contribution is -0.123. The summed E-state index contributed by atoms with van der Waals surface area (Å²) in [6, 6.07) is 1.84. The number of rotatable bonds is 5. The highest BCUT2D eigenvalue weighted by atomic mass is 19.1. The van der Waals surface area contributed by atoms with Gasteiger partial charge in [0, 0.05) is 6.04 Å². The molecule has 0 fully saturated rings. The zero-order valence-corrected chi connectivity index (χ0v) is 10.2. The van der Waals surface area contributed by atoms with Crippen LogP contribution < -0.4 is 10.1 Å². The average molecular weight is 259 g/mol. The van der Waals surface area contributed by atoms with E-state index in [2.05, 4.69) is 5.32 Å². The first kappa shape index (κ1) is 14.4. The summed E-state index contributed by atoms with van der Waals surface area (Å²) in [5, 5.41) is 11.3. The Morgan fingerprint density at radius 2 is 1.94 bits per heavy atom. The fraction of sp³-hybridized carbons (Fsp3) is 0.417. The van der Waals surface area contributed by atoms with Crippen molar-refractivity contribution in [3.05, 3.63) is 29.3 Å². The molecule has 0 bridgehead atoms. The van der Waals surface area contributed by atoms with Crippen LogP contribution in [0.3, 0.4) is 0 Å². The summed E-state index contributed by atoms with van der Waals surface area (Å²) >= 11 is 0. The van der Waals surface area contributed by atoms with E-state index in [9.17, 15) is 13.6 Å². The predicted octanol–water partition coefficient (Wildman–Crippen LogP) is 1.36. The number of halogens is 2. The Balaban J connectivity index is 2.70. The van der Waals surface area contributed by atoms with E-state index >= 15 is 0 Å². The highest BCUT2D eigenvalue weighted by Gasteiger charge is 2.14. The molecule has 0 radical (unpaired) electrons. The Hall–Kier alpha value is -1.69. The highest BCUT2D eigenvalue weighted by Crippen LogP contribution is 2.23. The molecule has 0 spiro atoms. The van der Waals surface area contributed by atoms with E-state index in [1.54, 1.807) is 13.8 Å². The van der Waals surface area contributed by atoms with Gasteiger partial charge in [-0.05, 0) is 31.5 Å². The molecule has 1 rings (SSSR count). The molecule has 18 heavy (non-hydrogen) atoms. The van der Waals surface area contributed by atoms with Gasteiger partial charge in [0.05, 0.1) is 6.61 Å². The van der Waals surface area contributed by atoms with E-state index in [-0.39, 0.29) is 11.6 Å². The van der Waals surface area contributed by atoms with Gasteiger partial charge in [-0.15, -0.1) is 0 Å². The zero-order valence-electron chi connectivity index (χ0n) is 10.2. The van der Waals surface area contributed by atoms with Gasteiger partial charge in [0.2, 0.25) is 0 Å². The number of hydrogen-bond acceptors (Lipinski definition) is 3. The van der Waals surface area contributed by atoms with Gasteiger partial charge in [-0.25, -0.2) is 8.78 Å². The van der Waals surface area contributed by atoms with E-state index < -0.39 is 36.5 Å². The van der Waals surface area contributed by atoms with Crippen LogP contribution in [0.2, 0.25) is 0 Å². The van der Waals surface area contributed by atoms with Gasteiger partial charge in [-0.2, -0.15) is 0 Å². The monoisotopic (exact) mass is 259 g/mol. The number of amides is 1. The summed E-state index contributed by atoms with van der Waals surface area (Å²) in [5.74, 6) is -2.98. The molecule has 0 aliphatic rings. The van der Waals surface area contributed by atoms with Crippen molar-refractivity contribution in [3.63, 3.8) is 0 Å². The van der Waals surface area contributed by atoms with Crippen molar-refractivity contribution in [2.75, 3.05) is 6.61 Å². The first-order chi connectivity index (χ1) is 8.43. The van der Waals surface area contributed by atoms with Gasteiger partial charge < -0.3 is 15.2 Å². The van der Waals surface area contributed by atoms with Gasteiger partial charge in [-0.1, -0.05) is 0 Å². The maximum atomic E-state index is 13.4. The molecule has 2 N–H and O–H groups in total. The number of hydrogen-bond donors (Lipinski definition) is 2. The van der Waals surface area contributed by atoms with E-state index in [0.29, 0.717) is 0 Å². The summed E-state index contributed by atoms with van der Waals surface area (Å²) in [4.78, 5) is 11.3. The van der Waals surface area contributed by atoms with E-state index in [0.717, 1.165) is 12.1 Å². The van der Waals surface area contributed by atoms with Gasteiger partial charge in [-0.3, -0.25) is 4.79 Å². The Bertz CT molecular complexity index is 412. The van der Waals surface area contributed by atoms with Crippen LogP contribution in [0.25, 0.3) is 0 Å². The van der Waals surface area contributed by atoms with Crippen LogP contribution >= 0.6 is 0 Å². The summed E-state index contributed by atoms with van der Waals surface area (Å²) in [6.07, 6.45) is 0. The Morgan fingerprint density at radius 3 is 2.39 bits per heavy atom. The molecular weight excluding hydrogens is 244 g/mol. The average Bonchev–Trinajstić information content (AvgIpc) is 2.26. The smallest absolute Gasteiger partial charge is 0.258 e. The molecule has 4 nitrogen and oxygen atoms in total. The summed E-state index contributed by atoms with van der Waals surface area (Å²) < 4.78 is 31.6. The predicted molar refractivity (Wildman–Crippen MR) is 61.1 cm³/mol. The van der Waals surface area contributed by atoms with Crippen molar-refractivity contribution in [2.45, 2.75) is 26.5 Å². The second-order valence-corrected chi connectivity index (χ2v) is 4.06. The van der Waals surface area contributed by atoms with Crippen molar-refractivity contribution >= 4 is 5.91 Å². The van der Waals surface area contributed by atoms with Crippen molar-refractivity contribution in [1.29, 1.82) is 0 Å². The lowest BCUT2D eigenvalue weighted by Gasteiger charge is -2.11. The Labute approximate surface area is 104 Å². The molecule has 0 aliphatic heterocycles. The molecule has 0 saturated heterocycles. The number of aliphatic hydroxyl groups is 1. The lowest BCUT2D eigenvalue weighted by atomic mass is 10.2. The minimum absolute atomic E-state index is 0.0763. The highest BCUT2D eigenvalue weighted by molar-refractivity contribution is 5.77. The number of nitrogens with one attached hydrogen (secondary N) is 1. The second-order valence-electron chi connectivity index (χ2n) is 4.06.